The van der Waals surface area contributed by atoms with Gasteiger partial charge in [0.15, 0.2) is 0 Å². The normalized spacial score (nSPS) is 17.6. The van der Waals surface area contributed by atoms with Crippen LogP contribution in [0.1, 0.15) is 17.8 Å². The molecule has 0 saturated carbocycles. The first-order valence-electron chi connectivity index (χ1n) is 8.88. The highest BCUT2D eigenvalue weighted by Gasteiger charge is 2.31. The van der Waals surface area contributed by atoms with Crippen molar-refractivity contribution in [2.45, 2.75) is 25.4 Å². The Balaban J connectivity index is 1.55. The lowest BCUT2D eigenvalue weighted by Gasteiger charge is -2.34. The maximum atomic E-state index is 13.4. The third kappa shape index (κ3) is 5.10. The van der Waals surface area contributed by atoms with E-state index in [1.807, 2.05) is 18.0 Å². The first-order valence-corrected chi connectivity index (χ1v) is 8.88. The number of aryl methyl sites for hydroxylation is 1. The Labute approximate surface area is 156 Å². The Morgan fingerprint density at radius 3 is 3.04 bits per heavy atom. The maximum Gasteiger partial charge on any atom is 0.237 e. The third-order valence-corrected chi connectivity index (χ3v) is 4.57. The number of nitrogens with zero attached hydrogens (tertiary/aromatic N) is 4. The van der Waals surface area contributed by atoms with Gasteiger partial charge in [-0.25, -0.2) is 4.39 Å². The minimum Gasteiger partial charge on any atom is -0.356 e. The number of aromatic nitrogens is 3. The molecular formula is C18H23FN6O2. The van der Waals surface area contributed by atoms with Crippen molar-refractivity contribution >= 4 is 11.8 Å². The van der Waals surface area contributed by atoms with E-state index in [-0.39, 0.29) is 24.1 Å². The maximum absolute atomic E-state index is 13.4. The van der Waals surface area contributed by atoms with E-state index in [0.29, 0.717) is 32.6 Å². The van der Waals surface area contributed by atoms with E-state index in [2.05, 4.69) is 20.8 Å². The van der Waals surface area contributed by atoms with E-state index in [0.717, 1.165) is 11.4 Å². The lowest BCUT2D eigenvalue weighted by atomic mass is 10.1. The molecular weight excluding hydrogens is 351 g/mol. The first kappa shape index (κ1) is 19.0. The Kier molecular flexibility index (Phi) is 6.12. The van der Waals surface area contributed by atoms with Gasteiger partial charge in [0.1, 0.15) is 18.0 Å². The molecule has 1 saturated heterocycles. The smallest absolute Gasteiger partial charge is 0.237 e. The summed E-state index contributed by atoms with van der Waals surface area (Å²) >= 11 is 0. The number of amides is 2. The van der Waals surface area contributed by atoms with Crippen LogP contribution in [0.3, 0.4) is 0 Å². The highest BCUT2D eigenvalue weighted by Crippen LogP contribution is 2.14. The molecule has 0 radical (unpaired) electrons. The quantitative estimate of drug-likeness (QED) is 0.712. The van der Waals surface area contributed by atoms with Crippen LogP contribution in [0.2, 0.25) is 0 Å². The molecule has 2 amide bonds. The van der Waals surface area contributed by atoms with E-state index >= 15 is 0 Å². The molecule has 1 aromatic carbocycles. The molecule has 1 atom stereocenters. The summed E-state index contributed by atoms with van der Waals surface area (Å²) in [4.78, 5) is 26.5. The molecule has 1 aliphatic heterocycles. The highest BCUT2D eigenvalue weighted by atomic mass is 19.1. The Morgan fingerprint density at radius 2 is 2.30 bits per heavy atom. The molecule has 1 unspecified atom stereocenters. The predicted molar refractivity (Wildman–Crippen MR) is 95.9 cm³/mol. The van der Waals surface area contributed by atoms with Crippen LogP contribution in [-0.2, 0) is 29.6 Å². The summed E-state index contributed by atoms with van der Waals surface area (Å²) in [5.41, 5.74) is 0.775. The minimum atomic E-state index is -0.572. The van der Waals surface area contributed by atoms with Crippen molar-refractivity contribution in [3.63, 3.8) is 0 Å². The molecule has 2 N–H and O–H groups in total. The van der Waals surface area contributed by atoms with Gasteiger partial charge < -0.3 is 15.2 Å². The lowest BCUT2D eigenvalue weighted by Crippen LogP contribution is -2.56. The topological polar surface area (TPSA) is 92.1 Å². The average molecular weight is 374 g/mol. The molecule has 1 aliphatic rings. The zero-order valence-electron chi connectivity index (χ0n) is 15.2. The summed E-state index contributed by atoms with van der Waals surface area (Å²) in [6, 6.07) is 5.71. The zero-order valence-corrected chi connectivity index (χ0v) is 15.2. The van der Waals surface area contributed by atoms with Gasteiger partial charge >= 0.3 is 0 Å². The Hall–Kier alpha value is -2.81. The van der Waals surface area contributed by atoms with Gasteiger partial charge in [0.2, 0.25) is 11.8 Å². The number of benzene rings is 1. The molecule has 9 heteroatoms. The van der Waals surface area contributed by atoms with Gasteiger partial charge in [-0.1, -0.05) is 12.1 Å². The third-order valence-electron chi connectivity index (χ3n) is 4.57. The largest absolute Gasteiger partial charge is 0.356 e. The molecule has 144 valence electrons. The molecule has 2 heterocycles. The Morgan fingerprint density at radius 1 is 1.44 bits per heavy atom. The van der Waals surface area contributed by atoms with Crippen molar-refractivity contribution in [1.82, 2.24) is 30.3 Å². The van der Waals surface area contributed by atoms with Gasteiger partial charge in [-0.2, -0.15) is 0 Å². The number of carbonyl (C=O) groups excluding carboxylic acids is 2. The van der Waals surface area contributed by atoms with Crippen molar-refractivity contribution in [1.29, 1.82) is 0 Å². The van der Waals surface area contributed by atoms with Crippen LogP contribution in [0, 0.1) is 5.82 Å². The molecule has 0 aliphatic carbocycles. The summed E-state index contributed by atoms with van der Waals surface area (Å²) in [5, 5.41) is 13.4. The summed E-state index contributed by atoms with van der Waals surface area (Å²) in [7, 11) is 1.84. The van der Waals surface area contributed by atoms with Gasteiger partial charge in [-0.3, -0.25) is 14.5 Å². The first-order chi connectivity index (χ1) is 13.0. The van der Waals surface area contributed by atoms with Crippen molar-refractivity contribution in [3.05, 3.63) is 47.8 Å². The van der Waals surface area contributed by atoms with Crippen LogP contribution in [0.15, 0.2) is 30.6 Å². The molecule has 27 heavy (non-hydrogen) atoms. The molecule has 1 aromatic heterocycles. The Bertz CT molecular complexity index is 809. The average Bonchev–Trinajstić information content (AvgIpc) is 3.03. The molecule has 0 bridgehead atoms. The van der Waals surface area contributed by atoms with Crippen molar-refractivity contribution in [2.75, 3.05) is 19.6 Å². The number of nitrogens with one attached hydrogen (secondary N) is 2. The number of carbonyl (C=O) groups is 2. The zero-order chi connectivity index (χ0) is 19.2. The molecule has 3 rings (SSSR count). The molecule has 0 spiro atoms. The van der Waals surface area contributed by atoms with E-state index in [1.54, 1.807) is 17.0 Å². The van der Waals surface area contributed by atoms with Crippen molar-refractivity contribution < 1.29 is 14.0 Å². The van der Waals surface area contributed by atoms with Gasteiger partial charge in [0, 0.05) is 39.6 Å². The lowest BCUT2D eigenvalue weighted by molar-refractivity contribution is -0.134. The second-order valence-electron chi connectivity index (χ2n) is 6.57. The number of halogens is 1. The number of hydrogen-bond donors (Lipinski definition) is 2. The summed E-state index contributed by atoms with van der Waals surface area (Å²) in [6.45, 7) is 1.96. The molecule has 1 fully saturated rings. The number of piperazine rings is 1. The second-order valence-corrected chi connectivity index (χ2v) is 6.57. The van der Waals surface area contributed by atoms with Crippen molar-refractivity contribution in [3.8, 4) is 0 Å². The van der Waals surface area contributed by atoms with E-state index in [1.165, 1.54) is 12.1 Å². The van der Waals surface area contributed by atoms with Crippen LogP contribution in [-0.4, -0.2) is 57.2 Å². The van der Waals surface area contributed by atoms with E-state index < -0.39 is 6.04 Å². The number of hydrogen-bond acceptors (Lipinski definition) is 5. The fraction of sp³-hybridized carbons (Fsp3) is 0.444. The predicted octanol–water partition coefficient (Wildman–Crippen LogP) is 0.00360. The summed E-state index contributed by atoms with van der Waals surface area (Å²) in [5.74, 6) is 0.0787. The summed E-state index contributed by atoms with van der Waals surface area (Å²) in [6.07, 6.45) is 2.22. The molecule has 2 aromatic rings. The standard InChI is InChI=1S/C18H23FN6O2/c1-24-12-22-23-16(24)5-6-20-17(26)10-15-18(27)21-7-8-25(15)11-13-3-2-4-14(19)9-13/h2-4,9,12,15H,5-8,10-11H2,1H3,(H,20,26)(H,21,27). The van der Waals surface area contributed by atoms with Gasteiger partial charge in [0.05, 0.1) is 12.5 Å². The fourth-order valence-corrected chi connectivity index (χ4v) is 3.14. The fourth-order valence-electron chi connectivity index (χ4n) is 3.14. The van der Waals surface area contributed by atoms with E-state index in [9.17, 15) is 14.0 Å². The number of rotatable bonds is 7. The summed E-state index contributed by atoms with van der Waals surface area (Å²) < 4.78 is 15.2. The molecule has 8 nitrogen and oxygen atoms in total. The van der Waals surface area contributed by atoms with Crippen LogP contribution in [0.4, 0.5) is 4.39 Å². The monoisotopic (exact) mass is 374 g/mol. The second kappa shape index (κ2) is 8.72. The van der Waals surface area contributed by atoms with Gasteiger partial charge in [-0.05, 0) is 17.7 Å². The van der Waals surface area contributed by atoms with Crippen LogP contribution >= 0.6 is 0 Å². The van der Waals surface area contributed by atoms with Crippen LogP contribution in [0.5, 0.6) is 0 Å². The van der Waals surface area contributed by atoms with Crippen molar-refractivity contribution in [2.24, 2.45) is 7.05 Å². The SMILES string of the molecule is Cn1cnnc1CCNC(=O)CC1C(=O)NCCN1Cc1cccc(F)c1. The van der Waals surface area contributed by atoms with Crippen LogP contribution in [0.25, 0.3) is 0 Å². The van der Waals surface area contributed by atoms with Gasteiger partial charge in [0.25, 0.3) is 0 Å². The minimum absolute atomic E-state index is 0.0555. The van der Waals surface area contributed by atoms with Crippen LogP contribution < -0.4 is 10.6 Å². The van der Waals surface area contributed by atoms with Gasteiger partial charge in [-0.15, -0.1) is 10.2 Å². The van der Waals surface area contributed by atoms with E-state index in [4.69, 9.17) is 0 Å². The highest BCUT2D eigenvalue weighted by molar-refractivity contribution is 5.88.